The van der Waals surface area contributed by atoms with Gasteiger partial charge in [0, 0.05) is 0 Å². The maximum atomic E-state index is 12.8. The summed E-state index contributed by atoms with van der Waals surface area (Å²) in [7, 11) is 0. The minimum absolute atomic E-state index is 0.750. The maximum Gasteiger partial charge on any atom is 0.159 e. The standard InChI is InChI=1S/C12H15F2/c1-2-3-4-5-6-10-7-8-11(13)12(14)9-10/h7-9H,1-6H2. The molecule has 0 unspecified atom stereocenters. The Labute approximate surface area is 84.0 Å². The highest BCUT2D eigenvalue weighted by Gasteiger charge is 2.01. The molecule has 0 heterocycles. The van der Waals surface area contributed by atoms with Crippen LogP contribution in [-0.4, -0.2) is 0 Å². The van der Waals surface area contributed by atoms with Gasteiger partial charge in [-0.2, -0.15) is 0 Å². The molecule has 77 valence electrons. The Balaban J connectivity index is 2.39. The summed E-state index contributed by atoms with van der Waals surface area (Å²) in [5.41, 5.74) is 0.868. The van der Waals surface area contributed by atoms with E-state index < -0.39 is 11.6 Å². The molecular formula is C12H15F2. The molecule has 0 fully saturated rings. The van der Waals surface area contributed by atoms with Crippen molar-refractivity contribution in [2.45, 2.75) is 32.1 Å². The molecule has 0 aliphatic carbocycles. The summed E-state index contributed by atoms with van der Waals surface area (Å²) < 4.78 is 25.3. The number of benzene rings is 1. The van der Waals surface area contributed by atoms with Gasteiger partial charge in [0.15, 0.2) is 11.6 Å². The molecule has 2 heteroatoms. The van der Waals surface area contributed by atoms with Crippen LogP contribution < -0.4 is 0 Å². The van der Waals surface area contributed by atoms with E-state index in [1.54, 1.807) is 6.07 Å². The number of unbranched alkanes of at least 4 members (excludes halogenated alkanes) is 3. The van der Waals surface area contributed by atoms with Gasteiger partial charge >= 0.3 is 0 Å². The van der Waals surface area contributed by atoms with Crippen molar-refractivity contribution in [2.75, 3.05) is 0 Å². The van der Waals surface area contributed by atoms with E-state index in [9.17, 15) is 8.78 Å². The monoisotopic (exact) mass is 197 g/mol. The topological polar surface area (TPSA) is 0 Å². The van der Waals surface area contributed by atoms with Crippen LogP contribution in [0.4, 0.5) is 8.78 Å². The molecule has 0 bridgehead atoms. The lowest BCUT2D eigenvalue weighted by molar-refractivity contribution is 0.506. The number of rotatable bonds is 5. The molecule has 1 rings (SSSR count). The fourth-order valence-electron chi connectivity index (χ4n) is 1.38. The number of hydrogen-bond donors (Lipinski definition) is 0. The highest BCUT2D eigenvalue weighted by atomic mass is 19.2. The van der Waals surface area contributed by atoms with E-state index in [2.05, 4.69) is 6.92 Å². The van der Waals surface area contributed by atoms with Crippen LogP contribution in [0, 0.1) is 18.6 Å². The van der Waals surface area contributed by atoms with Crippen molar-refractivity contribution >= 4 is 0 Å². The lowest BCUT2D eigenvalue weighted by atomic mass is 10.1. The van der Waals surface area contributed by atoms with Crippen LogP contribution in [0.3, 0.4) is 0 Å². The van der Waals surface area contributed by atoms with E-state index >= 15 is 0 Å². The first kappa shape index (κ1) is 11.2. The van der Waals surface area contributed by atoms with Crippen molar-refractivity contribution in [1.82, 2.24) is 0 Å². The molecule has 0 aliphatic rings. The smallest absolute Gasteiger partial charge is 0.159 e. The third-order valence-corrected chi connectivity index (χ3v) is 2.20. The molecule has 1 radical (unpaired) electrons. The summed E-state index contributed by atoms with van der Waals surface area (Å²) in [6.45, 7) is 3.75. The summed E-state index contributed by atoms with van der Waals surface area (Å²) in [5, 5.41) is 0. The molecule has 0 nitrogen and oxygen atoms in total. The molecular weight excluding hydrogens is 182 g/mol. The van der Waals surface area contributed by atoms with Gasteiger partial charge in [-0.3, -0.25) is 0 Å². The second-order valence-corrected chi connectivity index (χ2v) is 3.41. The summed E-state index contributed by atoms with van der Waals surface area (Å²) >= 11 is 0. The summed E-state index contributed by atoms with van der Waals surface area (Å²) in [5.74, 6) is -1.52. The molecule has 0 saturated carbocycles. The van der Waals surface area contributed by atoms with Crippen molar-refractivity contribution in [2.24, 2.45) is 0 Å². The first-order valence-electron chi connectivity index (χ1n) is 4.97. The first-order valence-corrected chi connectivity index (χ1v) is 4.97. The first-order chi connectivity index (χ1) is 6.74. The Kier molecular flexibility index (Phi) is 4.57. The lowest BCUT2D eigenvalue weighted by Gasteiger charge is -2.01. The average Bonchev–Trinajstić information content (AvgIpc) is 2.18. The molecule has 0 amide bonds. The molecule has 14 heavy (non-hydrogen) atoms. The van der Waals surface area contributed by atoms with Gasteiger partial charge in [0.05, 0.1) is 0 Å². The van der Waals surface area contributed by atoms with E-state index in [-0.39, 0.29) is 0 Å². The Morgan fingerprint density at radius 1 is 1.00 bits per heavy atom. The number of aryl methyl sites for hydroxylation is 1. The maximum absolute atomic E-state index is 12.8. The van der Waals surface area contributed by atoms with E-state index in [4.69, 9.17) is 0 Å². The zero-order valence-corrected chi connectivity index (χ0v) is 8.23. The molecule has 0 spiro atoms. The van der Waals surface area contributed by atoms with Crippen LogP contribution in [0.25, 0.3) is 0 Å². The fourth-order valence-corrected chi connectivity index (χ4v) is 1.38. The van der Waals surface area contributed by atoms with E-state index in [0.717, 1.165) is 37.7 Å². The van der Waals surface area contributed by atoms with Crippen LogP contribution in [0.5, 0.6) is 0 Å². The van der Waals surface area contributed by atoms with Crippen molar-refractivity contribution in [1.29, 1.82) is 0 Å². The van der Waals surface area contributed by atoms with E-state index in [0.29, 0.717) is 0 Å². The molecule has 0 aromatic heterocycles. The van der Waals surface area contributed by atoms with Gasteiger partial charge in [-0.25, -0.2) is 8.78 Å². The van der Waals surface area contributed by atoms with E-state index in [1.165, 1.54) is 12.1 Å². The predicted octanol–water partition coefficient (Wildman–Crippen LogP) is 3.90. The van der Waals surface area contributed by atoms with Crippen LogP contribution in [0.1, 0.15) is 31.2 Å². The Bertz CT molecular complexity index is 282. The van der Waals surface area contributed by atoms with E-state index in [1.807, 2.05) is 0 Å². The molecule has 0 aliphatic heterocycles. The highest BCUT2D eigenvalue weighted by Crippen LogP contribution is 2.12. The van der Waals surface area contributed by atoms with Gasteiger partial charge in [0.1, 0.15) is 0 Å². The molecule has 1 aromatic carbocycles. The van der Waals surface area contributed by atoms with Gasteiger partial charge < -0.3 is 0 Å². The van der Waals surface area contributed by atoms with Crippen LogP contribution in [0.15, 0.2) is 18.2 Å². The predicted molar refractivity (Wildman–Crippen MR) is 53.9 cm³/mol. The number of halogens is 2. The third kappa shape index (κ3) is 3.44. The van der Waals surface area contributed by atoms with Gasteiger partial charge in [0.25, 0.3) is 0 Å². The van der Waals surface area contributed by atoms with Gasteiger partial charge in [0.2, 0.25) is 0 Å². The largest absolute Gasteiger partial charge is 0.204 e. The molecule has 0 atom stereocenters. The van der Waals surface area contributed by atoms with Crippen LogP contribution in [0.2, 0.25) is 0 Å². The third-order valence-electron chi connectivity index (χ3n) is 2.20. The fraction of sp³-hybridized carbons (Fsp3) is 0.417. The second-order valence-electron chi connectivity index (χ2n) is 3.41. The zero-order chi connectivity index (χ0) is 10.4. The summed E-state index contributed by atoms with van der Waals surface area (Å²) in [6, 6.07) is 4.11. The lowest BCUT2D eigenvalue weighted by Crippen LogP contribution is -1.90. The quantitative estimate of drug-likeness (QED) is 0.628. The van der Waals surface area contributed by atoms with Crippen LogP contribution in [-0.2, 0) is 6.42 Å². The Hall–Kier alpha value is -0.920. The minimum Gasteiger partial charge on any atom is -0.204 e. The van der Waals surface area contributed by atoms with Crippen molar-refractivity contribution in [3.8, 4) is 0 Å². The highest BCUT2D eigenvalue weighted by molar-refractivity contribution is 5.17. The van der Waals surface area contributed by atoms with Gasteiger partial charge in [-0.05, 0) is 30.5 Å². The average molecular weight is 197 g/mol. The van der Waals surface area contributed by atoms with Crippen molar-refractivity contribution in [3.63, 3.8) is 0 Å². The van der Waals surface area contributed by atoms with Crippen molar-refractivity contribution in [3.05, 3.63) is 42.3 Å². The SMILES string of the molecule is [CH2]CCCCCc1ccc(F)c(F)c1. The molecule has 0 N–H and O–H groups in total. The zero-order valence-electron chi connectivity index (χ0n) is 8.23. The van der Waals surface area contributed by atoms with Crippen molar-refractivity contribution < 1.29 is 8.78 Å². The van der Waals surface area contributed by atoms with Crippen LogP contribution >= 0.6 is 0 Å². The molecule has 1 aromatic rings. The minimum atomic E-state index is -0.772. The van der Waals surface area contributed by atoms with Gasteiger partial charge in [-0.15, -0.1) is 0 Å². The second kappa shape index (κ2) is 5.74. The van der Waals surface area contributed by atoms with Gasteiger partial charge in [-0.1, -0.05) is 32.3 Å². The normalized spacial score (nSPS) is 10.5. The summed E-state index contributed by atoms with van der Waals surface area (Å²) in [4.78, 5) is 0. The summed E-state index contributed by atoms with van der Waals surface area (Å²) in [6.07, 6.45) is 4.97. The number of hydrogen-bond acceptors (Lipinski definition) is 0. The molecule has 0 saturated heterocycles. The Morgan fingerprint density at radius 2 is 1.79 bits per heavy atom. The Morgan fingerprint density at radius 3 is 2.43 bits per heavy atom.